The average Bonchev–Trinajstić information content (AvgIpc) is 2.87. The number of ether oxygens (including phenoxy) is 1. The molecular weight excluding hydrogens is 304 g/mol. The lowest BCUT2D eigenvalue weighted by Crippen LogP contribution is -2.18. The number of carbonyl (C=O) groups excluding carboxylic acids is 1. The van der Waals surface area contributed by atoms with E-state index in [1.54, 1.807) is 18.4 Å². The number of halogens is 1. The number of hydrogen-bond acceptors (Lipinski definition) is 4. The van der Waals surface area contributed by atoms with Crippen LogP contribution in [-0.2, 0) is 6.54 Å². The van der Waals surface area contributed by atoms with Gasteiger partial charge in [0.05, 0.1) is 17.8 Å². The van der Waals surface area contributed by atoms with Gasteiger partial charge in [-0.25, -0.2) is 0 Å². The van der Waals surface area contributed by atoms with Gasteiger partial charge in [0.25, 0.3) is 0 Å². The lowest BCUT2D eigenvalue weighted by atomic mass is 10.1. The van der Waals surface area contributed by atoms with Gasteiger partial charge in [0, 0.05) is 24.1 Å². The Kier molecular flexibility index (Phi) is 4.09. The number of fused-ring (bicyclic) bond motifs is 1. The van der Waals surface area contributed by atoms with Crippen LogP contribution in [0.2, 0.25) is 5.02 Å². The quantitative estimate of drug-likeness (QED) is 0.944. The van der Waals surface area contributed by atoms with Gasteiger partial charge in [-0.1, -0.05) is 11.6 Å². The number of nitrogens with zero attached hydrogens (tertiary/aromatic N) is 1. The third kappa shape index (κ3) is 2.96. The minimum Gasteiger partial charge on any atom is -0.484 e. The van der Waals surface area contributed by atoms with Crippen molar-refractivity contribution in [2.75, 3.05) is 13.6 Å². The second-order valence-corrected chi connectivity index (χ2v) is 5.85. The molecule has 1 aromatic heterocycles. The van der Waals surface area contributed by atoms with Crippen molar-refractivity contribution in [1.82, 2.24) is 4.90 Å². The maximum Gasteiger partial charge on any atom is 0.248 e. The molecule has 0 spiro atoms. The summed E-state index contributed by atoms with van der Waals surface area (Å²) in [7, 11) is 2.04. The van der Waals surface area contributed by atoms with Crippen molar-refractivity contribution in [1.29, 1.82) is 0 Å². The molecule has 1 aliphatic rings. The van der Waals surface area contributed by atoms with E-state index in [2.05, 4.69) is 4.90 Å². The predicted octanol–water partition coefficient (Wildman–Crippen LogP) is 2.99. The molecule has 2 N–H and O–H groups in total. The number of primary amides is 1. The minimum absolute atomic E-state index is 0.129. The Labute approximate surface area is 133 Å². The van der Waals surface area contributed by atoms with Crippen molar-refractivity contribution >= 4 is 17.5 Å². The summed E-state index contributed by atoms with van der Waals surface area (Å²) < 4.78 is 11.6. The van der Waals surface area contributed by atoms with Gasteiger partial charge < -0.3 is 14.9 Å². The van der Waals surface area contributed by atoms with E-state index in [0.717, 1.165) is 30.8 Å². The fourth-order valence-corrected chi connectivity index (χ4v) is 2.83. The Hall–Kier alpha value is -1.98. The largest absolute Gasteiger partial charge is 0.484 e. The van der Waals surface area contributed by atoms with Crippen molar-refractivity contribution in [3.05, 3.63) is 52.4 Å². The zero-order chi connectivity index (χ0) is 15.7. The zero-order valence-electron chi connectivity index (χ0n) is 12.2. The van der Waals surface area contributed by atoms with Crippen molar-refractivity contribution in [3.63, 3.8) is 0 Å². The standard InChI is InChI=1S/C16H17ClN2O3/c1-19-6-4-13(11-5-7-21-15(11)9-19)22-14-3-2-10(16(18)20)8-12(14)17/h2-3,5,7-8,13H,4,6,9H2,1H3,(H2,18,20). The molecule has 0 saturated carbocycles. The van der Waals surface area contributed by atoms with Crippen LogP contribution in [0, 0.1) is 0 Å². The van der Waals surface area contributed by atoms with Gasteiger partial charge in [0.2, 0.25) is 5.91 Å². The monoisotopic (exact) mass is 320 g/mol. The van der Waals surface area contributed by atoms with Crippen molar-refractivity contribution in [2.45, 2.75) is 19.1 Å². The fourth-order valence-electron chi connectivity index (χ4n) is 2.61. The highest BCUT2D eigenvalue weighted by molar-refractivity contribution is 6.32. The molecule has 1 aromatic carbocycles. The first-order valence-electron chi connectivity index (χ1n) is 7.05. The molecule has 0 fully saturated rings. The lowest BCUT2D eigenvalue weighted by Gasteiger charge is -2.19. The van der Waals surface area contributed by atoms with Crippen molar-refractivity contribution in [2.24, 2.45) is 5.73 Å². The first-order valence-corrected chi connectivity index (χ1v) is 7.43. The highest BCUT2D eigenvalue weighted by atomic mass is 35.5. The van der Waals surface area contributed by atoms with Gasteiger partial charge >= 0.3 is 0 Å². The molecule has 116 valence electrons. The van der Waals surface area contributed by atoms with Crippen molar-refractivity contribution < 1.29 is 13.9 Å². The summed E-state index contributed by atoms with van der Waals surface area (Å²) in [4.78, 5) is 13.4. The van der Waals surface area contributed by atoms with Gasteiger partial charge in [-0.3, -0.25) is 9.69 Å². The zero-order valence-corrected chi connectivity index (χ0v) is 13.0. The minimum atomic E-state index is -0.512. The first-order chi connectivity index (χ1) is 10.5. The highest BCUT2D eigenvalue weighted by Gasteiger charge is 2.25. The SMILES string of the molecule is CN1CCC(Oc2ccc(C(N)=O)cc2Cl)c2ccoc2C1. The maximum atomic E-state index is 11.2. The number of rotatable bonds is 3. The molecular formula is C16H17ClN2O3. The molecule has 22 heavy (non-hydrogen) atoms. The van der Waals surface area contributed by atoms with E-state index in [1.807, 2.05) is 13.1 Å². The Balaban J connectivity index is 1.86. The molecule has 2 heterocycles. The number of furan rings is 1. The van der Waals surface area contributed by atoms with E-state index in [0.29, 0.717) is 16.3 Å². The number of amides is 1. The molecule has 6 heteroatoms. The normalized spacial score (nSPS) is 18.5. The summed E-state index contributed by atoms with van der Waals surface area (Å²) in [5, 5.41) is 0.374. The molecule has 2 aromatic rings. The molecule has 0 aliphatic carbocycles. The second-order valence-electron chi connectivity index (χ2n) is 5.44. The topological polar surface area (TPSA) is 68.7 Å². The third-order valence-corrected chi connectivity index (χ3v) is 4.09. The van der Waals surface area contributed by atoms with Crippen LogP contribution < -0.4 is 10.5 Å². The molecule has 1 aliphatic heterocycles. The fraction of sp³-hybridized carbons (Fsp3) is 0.312. The van der Waals surface area contributed by atoms with Gasteiger partial charge in [-0.05, 0) is 31.3 Å². The smallest absolute Gasteiger partial charge is 0.248 e. The van der Waals surface area contributed by atoms with E-state index < -0.39 is 5.91 Å². The van der Waals surface area contributed by atoms with Gasteiger partial charge in [-0.2, -0.15) is 0 Å². The summed E-state index contributed by atoms with van der Waals surface area (Å²) in [5.41, 5.74) is 6.65. The maximum absolute atomic E-state index is 11.2. The van der Waals surface area contributed by atoms with Crippen LogP contribution in [0.3, 0.4) is 0 Å². The number of benzene rings is 1. The van der Waals surface area contributed by atoms with Gasteiger partial charge in [-0.15, -0.1) is 0 Å². The average molecular weight is 321 g/mol. The Bertz CT molecular complexity index is 698. The molecule has 0 saturated heterocycles. The van der Waals surface area contributed by atoms with Crippen LogP contribution in [0.5, 0.6) is 5.75 Å². The van der Waals surface area contributed by atoms with E-state index in [-0.39, 0.29) is 6.10 Å². The van der Waals surface area contributed by atoms with E-state index >= 15 is 0 Å². The molecule has 1 amide bonds. The van der Waals surface area contributed by atoms with E-state index in [9.17, 15) is 4.79 Å². The molecule has 0 radical (unpaired) electrons. The van der Waals surface area contributed by atoms with Gasteiger partial charge in [0.1, 0.15) is 17.6 Å². The Morgan fingerprint density at radius 1 is 1.45 bits per heavy atom. The second kappa shape index (κ2) is 6.02. The van der Waals surface area contributed by atoms with Crippen LogP contribution in [0.4, 0.5) is 0 Å². The number of hydrogen-bond donors (Lipinski definition) is 1. The summed E-state index contributed by atoms with van der Waals surface area (Å²) in [6.45, 7) is 1.66. The summed E-state index contributed by atoms with van der Waals surface area (Å²) in [6.07, 6.45) is 2.38. The van der Waals surface area contributed by atoms with Crippen LogP contribution in [-0.4, -0.2) is 24.4 Å². The Morgan fingerprint density at radius 3 is 3.00 bits per heavy atom. The van der Waals surface area contributed by atoms with E-state index in [1.165, 1.54) is 6.07 Å². The third-order valence-electron chi connectivity index (χ3n) is 3.80. The van der Waals surface area contributed by atoms with Crippen LogP contribution in [0.1, 0.15) is 34.2 Å². The molecule has 0 bridgehead atoms. The molecule has 3 rings (SSSR count). The predicted molar refractivity (Wildman–Crippen MR) is 83.0 cm³/mol. The van der Waals surface area contributed by atoms with Crippen LogP contribution in [0.25, 0.3) is 0 Å². The van der Waals surface area contributed by atoms with Gasteiger partial charge in [0.15, 0.2) is 0 Å². The summed E-state index contributed by atoms with van der Waals surface area (Å²) >= 11 is 6.20. The first kappa shape index (κ1) is 14.9. The number of carbonyl (C=O) groups is 1. The van der Waals surface area contributed by atoms with Crippen LogP contribution in [0.15, 0.2) is 34.9 Å². The summed E-state index contributed by atoms with van der Waals surface area (Å²) in [5.74, 6) is 0.935. The highest BCUT2D eigenvalue weighted by Crippen LogP contribution is 2.34. The van der Waals surface area contributed by atoms with E-state index in [4.69, 9.17) is 26.5 Å². The Morgan fingerprint density at radius 2 is 2.27 bits per heavy atom. The molecule has 1 atom stereocenters. The van der Waals surface area contributed by atoms with Crippen molar-refractivity contribution in [3.8, 4) is 5.75 Å². The summed E-state index contributed by atoms with van der Waals surface area (Å²) in [6, 6.07) is 6.75. The molecule has 1 unspecified atom stereocenters. The number of nitrogens with two attached hydrogens (primary N) is 1. The lowest BCUT2D eigenvalue weighted by molar-refractivity contribution is 0.1000. The molecule has 5 nitrogen and oxygen atoms in total. The van der Waals surface area contributed by atoms with Crippen LogP contribution >= 0.6 is 11.6 Å².